The lowest BCUT2D eigenvalue weighted by molar-refractivity contribution is -0.385. The summed E-state index contributed by atoms with van der Waals surface area (Å²) >= 11 is 5.18. The zero-order valence-electron chi connectivity index (χ0n) is 13.2. The number of hydrogen-bond acceptors (Lipinski definition) is 7. The number of carbonyl (C=O) groups excluding carboxylic acids is 1. The number of rotatable bonds is 5. The van der Waals surface area contributed by atoms with Crippen molar-refractivity contribution < 1.29 is 9.72 Å². The molecule has 25 heavy (non-hydrogen) atoms. The van der Waals surface area contributed by atoms with E-state index in [1.54, 1.807) is 11.3 Å². The molecule has 132 valence electrons. The van der Waals surface area contributed by atoms with Crippen molar-refractivity contribution in [1.82, 2.24) is 9.88 Å². The summed E-state index contributed by atoms with van der Waals surface area (Å²) in [4.78, 5) is 31.6. The van der Waals surface area contributed by atoms with Gasteiger partial charge in [-0.05, 0) is 28.1 Å². The van der Waals surface area contributed by atoms with Gasteiger partial charge in [-0.15, -0.1) is 11.3 Å². The van der Waals surface area contributed by atoms with E-state index in [0.29, 0.717) is 18.9 Å². The molecule has 0 saturated carbocycles. The third kappa shape index (κ3) is 4.14. The Morgan fingerprint density at radius 3 is 2.64 bits per heavy atom. The summed E-state index contributed by atoms with van der Waals surface area (Å²) < 4.78 is 1.11. The minimum absolute atomic E-state index is 0.0878. The predicted molar refractivity (Wildman–Crippen MR) is 98.9 cm³/mol. The highest BCUT2D eigenvalue weighted by molar-refractivity contribution is 9.11. The molecule has 2 N–H and O–H groups in total. The molecule has 0 spiro atoms. The number of hydrogen-bond donors (Lipinski definition) is 1. The average molecular weight is 426 g/mol. The van der Waals surface area contributed by atoms with E-state index in [0.717, 1.165) is 29.6 Å². The standard InChI is InChI=1S/C15H16BrN5O3S/c16-13-2-1-11(25-13)9-19-3-5-20(6-4-19)15-12(14(17)22)7-10(8-18-15)21(23)24/h1-2,7-8H,3-6,9H2,(H2,17,22). The fourth-order valence-electron chi connectivity index (χ4n) is 2.75. The van der Waals surface area contributed by atoms with Crippen LogP contribution in [0.1, 0.15) is 15.2 Å². The molecule has 0 bridgehead atoms. The number of anilines is 1. The summed E-state index contributed by atoms with van der Waals surface area (Å²) in [6.45, 7) is 3.86. The van der Waals surface area contributed by atoms with Crippen LogP contribution >= 0.6 is 27.3 Å². The van der Waals surface area contributed by atoms with Crippen molar-refractivity contribution in [2.45, 2.75) is 6.54 Å². The summed E-state index contributed by atoms with van der Waals surface area (Å²) in [5, 5.41) is 10.9. The predicted octanol–water partition coefficient (Wildman–Crippen LogP) is 2.23. The molecule has 3 rings (SSSR count). The summed E-state index contributed by atoms with van der Waals surface area (Å²) in [6, 6.07) is 5.33. The third-order valence-electron chi connectivity index (χ3n) is 4.01. The minimum Gasteiger partial charge on any atom is -0.365 e. The second kappa shape index (κ2) is 7.46. The first-order chi connectivity index (χ1) is 11.9. The number of halogens is 1. The largest absolute Gasteiger partial charge is 0.365 e. The maximum atomic E-state index is 11.7. The van der Waals surface area contributed by atoms with Gasteiger partial charge in [0.05, 0.1) is 14.3 Å². The molecule has 1 aliphatic heterocycles. The van der Waals surface area contributed by atoms with Crippen LogP contribution in [0.15, 0.2) is 28.2 Å². The van der Waals surface area contributed by atoms with Gasteiger partial charge in [0, 0.05) is 43.7 Å². The van der Waals surface area contributed by atoms with Crippen LogP contribution in [0.4, 0.5) is 11.5 Å². The molecular weight excluding hydrogens is 410 g/mol. The first-order valence-corrected chi connectivity index (χ1v) is 9.21. The first kappa shape index (κ1) is 17.8. The van der Waals surface area contributed by atoms with Gasteiger partial charge in [-0.3, -0.25) is 19.8 Å². The van der Waals surface area contributed by atoms with Gasteiger partial charge in [-0.2, -0.15) is 0 Å². The van der Waals surface area contributed by atoms with Crippen LogP contribution in [-0.4, -0.2) is 46.9 Å². The second-order valence-electron chi connectivity index (χ2n) is 5.66. The number of aromatic nitrogens is 1. The fourth-order valence-corrected chi connectivity index (χ4v) is 4.28. The Morgan fingerprint density at radius 1 is 1.36 bits per heavy atom. The molecule has 0 aromatic carbocycles. The van der Waals surface area contributed by atoms with E-state index >= 15 is 0 Å². The van der Waals surface area contributed by atoms with E-state index in [-0.39, 0.29) is 11.3 Å². The first-order valence-electron chi connectivity index (χ1n) is 7.60. The highest BCUT2D eigenvalue weighted by Crippen LogP contribution is 2.26. The lowest BCUT2D eigenvalue weighted by atomic mass is 10.2. The smallest absolute Gasteiger partial charge is 0.288 e. The summed E-state index contributed by atoms with van der Waals surface area (Å²) in [5.74, 6) is -0.298. The number of nitro groups is 1. The molecule has 8 nitrogen and oxygen atoms in total. The number of nitrogens with two attached hydrogens (primary N) is 1. The average Bonchev–Trinajstić information content (AvgIpc) is 3.00. The maximum absolute atomic E-state index is 11.7. The minimum atomic E-state index is -0.711. The van der Waals surface area contributed by atoms with Gasteiger partial charge < -0.3 is 10.6 Å². The zero-order chi connectivity index (χ0) is 18.0. The van der Waals surface area contributed by atoms with Crippen LogP contribution in [0.3, 0.4) is 0 Å². The van der Waals surface area contributed by atoms with Crippen LogP contribution in [0.25, 0.3) is 0 Å². The summed E-state index contributed by atoms with van der Waals surface area (Å²) in [6.07, 6.45) is 1.16. The number of pyridine rings is 1. The monoisotopic (exact) mass is 425 g/mol. The topological polar surface area (TPSA) is 106 Å². The Hall–Kier alpha value is -2.04. The molecule has 1 fully saturated rings. The van der Waals surface area contributed by atoms with E-state index in [9.17, 15) is 14.9 Å². The van der Waals surface area contributed by atoms with Crippen LogP contribution in [0.5, 0.6) is 0 Å². The van der Waals surface area contributed by atoms with E-state index < -0.39 is 10.8 Å². The van der Waals surface area contributed by atoms with Crippen LogP contribution in [0.2, 0.25) is 0 Å². The van der Waals surface area contributed by atoms with E-state index in [1.165, 1.54) is 10.9 Å². The van der Waals surface area contributed by atoms with Crippen molar-refractivity contribution in [1.29, 1.82) is 0 Å². The SMILES string of the molecule is NC(=O)c1cc([N+](=O)[O-])cnc1N1CCN(Cc2ccc(Br)s2)CC1. The molecule has 0 aliphatic carbocycles. The number of primary amides is 1. The van der Waals surface area contributed by atoms with Gasteiger partial charge in [-0.1, -0.05) is 0 Å². The molecule has 2 aromatic heterocycles. The van der Waals surface area contributed by atoms with Crippen molar-refractivity contribution in [3.63, 3.8) is 0 Å². The molecule has 10 heteroatoms. The number of amides is 1. The van der Waals surface area contributed by atoms with Gasteiger partial charge in [0.25, 0.3) is 11.6 Å². The molecule has 0 radical (unpaired) electrons. The lowest BCUT2D eigenvalue weighted by Gasteiger charge is -2.35. The molecule has 0 atom stereocenters. The Labute approximate surface area is 156 Å². The Kier molecular flexibility index (Phi) is 5.30. The molecule has 2 aromatic rings. The molecule has 1 amide bonds. The second-order valence-corrected chi connectivity index (χ2v) is 8.20. The Balaban J connectivity index is 1.70. The number of carbonyl (C=O) groups is 1. The van der Waals surface area contributed by atoms with Crippen molar-refractivity contribution in [3.05, 3.63) is 48.7 Å². The molecule has 0 unspecified atom stereocenters. The van der Waals surface area contributed by atoms with Gasteiger partial charge in [0.2, 0.25) is 0 Å². The maximum Gasteiger partial charge on any atom is 0.288 e. The van der Waals surface area contributed by atoms with Crippen molar-refractivity contribution in [2.75, 3.05) is 31.1 Å². The molecule has 1 saturated heterocycles. The third-order valence-corrected chi connectivity index (χ3v) is 5.62. The van der Waals surface area contributed by atoms with Crippen LogP contribution in [0, 0.1) is 10.1 Å². The number of thiophene rings is 1. The van der Waals surface area contributed by atoms with Gasteiger partial charge in [-0.25, -0.2) is 4.98 Å². The van der Waals surface area contributed by atoms with E-state index in [1.807, 2.05) is 11.0 Å². The normalized spacial score (nSPS) is 15.3. The van der Waals surface area contributed by atoms with E-state index in [4.69, 9.17) is 5.73 Å². The van der Waals surface area contributed by atoms with Crippen molar-refractivity contribution in [3.8, 4) is 0 Å². The molecule has 3 heterocycles. The van der Waals surface area contributed by atoms with E-state index in [2.05, 4.69) is 31.9 Å². The molecular formula is C15H16BrN5O3S. The zero-order valence-corrected chi connectivity index (χ0v) is 15.6. The summed E-state index contributed by atoms with van der Waals surface area (Å²) in [5.41, 5.74) is 5.23. The van der Waals surface area contributed by atoms with Gasteiger partial charge in [0.1, 0.15) is 12.0 Å². The Morgan fingerprint density at radius 2 is 2.08 bits per heavy atom. The van der Waals surface area contributed by atoms with Gasteiger partial charge >= 0.3 is 0 Å². The fraction of sp³-hybridized carbons (Fsp3) is 0.333. The highest BCUT2D eigenvalue weighted by atomic mass is 79.9. The van der Waals surface area contributed by atoms with Gasteiger partial charge in [0.15, 0.2) is 0 Å². The quantitative estimate of drug-likeness (QED) is 0.581. The Bertz CT molecular complexity index is 804. The van der Waals surface area contributed by atoms with Crippen molar-refractivity contribution >= 4 is 44.7 Å². The summed E-state index contributed by atoms with van der Waals surface area (Å²) in [7, 11) is 0. The van der Waals surface area contributed by atoms with Crippen LogP contribution < -0.4 is 10.6 Å². The number of piperazine rings is 1. The number of nitrogens with zero attached hydrogens (tertiary/aromatic N) is 4. The highest BCUT2D eigenvalue weighted by Gasteiger charge is 2.24. The molecule has 1 aliphatic rings. The lowest BCUT2D eigenvalue weighted by Crippen LogP contribution is -2.46. The van der Waals surface area contributed by atoms with Crippen molar-refractivity contribution in [2.24, 2.45) is 5.73 Å². The van der Waals surface area contributed by atoms with Crippen LogP contribution in [-0.2, 0) is 6.54 Å².